The van der Waals surface area contributed by atoms with Gasteiger partial charge in [-0.2, -0.15) is 0 Å². The summed E-state index contributed by atoms with van der Waals surface area (Å²) in [6.07, 6.45) is 0. The van der Waals surface area contributed by atoms with E-state index in [-0.39, 0.29) is 0 Å². The zero-order valence-corrected chi connectivity index (χ0v) is 12.5. The molecule has 0 bridgehead atoms. The van der Waals surface area contributed by atoms with Crippen LogP contribution in [0.4, 0.5) is 0 Å². The summed E-state index contributed by atoms with van der Waals surface area (Å²) < 4.78 is 24.1. The fraction of sp³-hybridized carbons (Fsp3) is 0.250. The summed E-state index contributed by atoms with van der Waals surface area (Å²) in [5.41, 5.74) is 4.54. The first-order valence-corrected chi connectivity index (χ1v) is 8.16. The summed E-state index contributed by atoms with van der Waals surface area (Å²) >= 11 is 0. The second-order valence-electron chi connectivity index (χ2n) is 5.09. The van der Waals surface area contributed by atoms with Gasteiger partial charge in [0.05, 0.1) is 18.5 Å². The van der Waals surface area contributed by atoms with Crippen molar-refractivity contribution in [3.8, 4) is 0 Å². The Kier molecular flexibility index (Phi) is 3.51. The molecule has 0 spiro atoms. The number of aryl methyl sites for hydroxylation is 2. The first-order chi connectivity index (χ1) is 9.58. The summed E-state index contributed by atoms with van der Waals surface area (Å²) in [5, 5.41) is 0.612. The maximum Gasteiger partial charge on any atom is 0.361 e. The summed E-state index contributed by atoms with van der Waals surface area (Å²) in [4.78, 5) is 0. The lowest BCUT2D eigenvalue weighted by molar-refractivity contribution is 0.216. The Labute approximate surface area is 119 Å². The van der Waals surface area contributed by atoms with Gasteiger partial charge >= 0.3 is 7.60 Å². The first kappa shape index (κ1) is 13.6. The molecule has 0 N–H and O–H groups in total. The molecule has 0 radical (unpaired) electrons. The lowest BCUT2D eigenvalue weighted by Crippen LogP contribution is -2.07. The Balaban J connectivity index is 1.95. The minimum absolute atomic E-state index is 0.322. The molecular weight excluding hydrogens is 271 g/mol. The largest absolute Gasteiger partial charge is 0.361 e. The smallest absolute Gasteiger partial charge is 0.300 e. The molecule has 1 heterocycles. The minimum atomic E-state index is -3.22. The number of rotatable bonds is 1. The lowest BCUT2D eigenvalue weighted by Gasteiger charge is -2.15. The van der Waals surface area contributed by atoms with Crippen molar-refractivity contribution < 1.29 is 13.6 Å². The first-order valence-electron chi connectivity index (χ1n) is 6.62. The molecule has 0 aromatic heterocycles. The maximum atomic E-state index is 12.8. The second-order valence-corrected chi connectivity index (χ2v) is 7.11. The monoisotopic (exact) mass is 288 g/mol. The number of hydrogen-bond acceptors (Lipinski definition) is 3. The highest BCUT2D eigenvalue weighted by Crippen LogP contribution is 2.50. The lowest BCUT2D eigenvalue weighted by atomic mass is 10.0. The van der Waals surface area contributed by atoms with E-state index in [0.717, 1.165) is 11.1 Å². The molecule has 0 aliphatic carbocycles. The van der Waals surface area contributed by atoms with E-state index >= 15 is 0 Å². The van der Waals surface area contributed by atoms with Gasteiger partial charge in [0.15, 0.2) is 0 Å². The van der Waals surface area contributed by atoms with Gasteiger partial charge in [-0.3, -0.25) is 4.57 Å². The van der Waals surface area contributed by atoms with Crippen molar-refractivity contribution in [2.75, 3.05) is 0 Å². The molecule has 3 rings (SSSR count). The zero-order chi connectivity index (χ0) is 14.2. The number of fused-ring (bicyclic) bond motifs is 1. The highest BCUT2D eigenvalue weighted by Gasteiger charge is 2.30. The molecule has 2 aromatic rings. The van der Waals surface area contributed by atoms with Crippen LogP contribution in [-0.2, 0) is 26.8 Å². The minimum Gasteiger partial charge on any atom is -0.300 e. The van der Waals surface area contributed by atoms with Crippen LogP contribution in [0.3, 0.4) is 0 Å². The van der Waals surface area contributed by atoms with Crippen molar-refractivity contribution in [2.24, 2.45) is 0 Å². The molecule has 104 valence electrons. The average molecular weight is 288 g/mol. The Bertz CT molecular complexity index is 643. The van der Waals surface area contributed by atoms with Crippen LogP contribution in [0.2, 0.25) is 0 Å². The Morgan fingerprint density at radius 1 is 0.900 bits per heavy atom. The highest BCUT2D eigenvalue weighted by atomic mass is 31.2. The molecule has 4 heteroatoms. The molecule has 0 saturated carbocycles. The highest BCUT2D eigenvalue weighted by molar-refractivity contribution is 7.62. The number of benzene rings is 2. The van der Waals surface area contributed by atoms with Crippen LogP contribution in [0.1, 0.15) is 22.3 Å². The van der Waals surface area contributed by atoms with Gasteiger partial charge < -0.3 is 9.05 Å². The van der Waals surface area contributed by atoms with Crippen LogP contribution in [0.25, 0.3) is 0 Å². The maximum absolute atomic E-state index is 12.8. The van der Waals surface area contributed by atoms with Crippen molar-refractivity contribution in [3.63, 3.8) is 0 Å². The van der Waals surface area contributed by atoms with Crippen LogP contribution in [0.5, 0.6) is 0 Å². The van der Waals surface area contributed by atoms with Crippen molar-refractivity contribution in [2.45, 2.75) is 27.1 Å². The third kappa shape index (κ3) is 2.45. The molecule has 0 atom stereocenters. The Morgan fingerprint density at radius 2 is 1.40 bits per heavy atom. The van der Waals surface area contributed by atoms with Crippen LogP contribution in [-0.4, -0.2) is 0 Å². The van der Waals surface area contributed by atoms with E-state index in [4.69, 9.17) is 9.05 Å². The van der Waals surface area contributed by atoms with E-state index in [1.54, 1.807) is 12.1 Å². The molecule has 1 aliphatic rings. The quantitative estimate of drug-likeness (QED) is 0.747. The van der Waals surface area contributed by atoms with Gasteiger partial charge in [0.1, 0.15) is 0 Å². The van der Waals surface area contributed by atoms with Crippen molar-refractivity contribution in [1.29, 1.82) is 0 Å². The van der Waals surface area contributed by atoms with E-state index in [1.165, 1.54) is 11.1 Å². The summed E-state index contributed by atoms with van der Waals surface area (Å²) in [7, 11) is -3.22. The van der Waals surface area contributed by atoms with E-state index < -0.39 is 7.60 Å². The van der Waals surface area contributed by atoms with Crippen LogP contribution in [0, 0.1) is 13.8 Å². The predicted octanol–water partition coefficient (Wildman–Crippen LogP) is 3.87. The molecule has 0 fully saturated rings. The molecule has 0 amide bonds. The summed E-state index contributed by atoms with van der Waals surface area (Å²) in [5.74, 6) is 0. The van der Waals surface area contributed by atoms with Crippen molar-refractivity contribution in [1.82, 2.24) is 0 Å². The second kappa shape index (κ2) is 5.17. The Hall–Kier alpha value is -1.41. The molecule has 0 unspecified atom stereocenters. The van der Waals surface area contributed by atoms with E-state index in [9.17, 15) is 4.57 Å². The SMILES string of the molecule is Cc1cc2c(cc1C)COP(=O)(c1ccccc1)OC2. The van der Waals surface area contributed by atoms with Gasteiger partial charge in [-0.05, 0) is 48.2 Å². The molecule has 0 saturated heterocycles. The summed E-state index contributed by atoms with van der Waals surface area (Å²) in [6, 6.07) is 13.3. The van der Waals surface area contributed by atoms with Crippen LogP contribution >= 0.6 is 7.60 Å². The van der Waals surface area contributed by atoms with Crippen LogP contribution in [0.15, 0.2) is 42.5 Å². The van der Waals surface area contributed by atoms with Gasteiger partial charge in [0.25, 0.3) is 0 Å². The molecule has 1 aliphatic heterocycles. The fourth-order valence-corrected chi connectivity index (χ4v) is 3.84. The summed E-state index contributed by atoms with van der Waals surface area (Å²) in [6.45, 7) is 4.78. The third-order valence-corrected chi connectivity index (χ3v) is 5.54. The third-order valence-electron chi connectivity index (χ3n) is 3.67. The van der Waals surface area contributed by atoms with Gasteiger partial charge in [-0.15, -0.1) is 0 Å². The molecule has 20 heavy (non-hydrogen) atoms. The fourth-order valence-electron chi connectivity index (χ4n) is 2.31. The Morgan fingerprint density at radius 3 is 1.90 bits per heavy atom. The average Bonchev–Trinajstić information content (AvgIpc) is 2.62. The molecular formula is C16H17O3P. The normalized spacial score (nSPS) is 17.3. The van der Waals surface area contributed by atoms with Gasteiger partial charge in [0, 0.05) is 0 Å². The van der Waals surface area contributed by atoms with Crippen LogP contribution < -0.4 is 5.30 Å². The van der Waals surface area contributed by atoms with E-state index in [1.807, 2.05) is 18.2 Å². The number of hydrogen-bond donors (Lipinski definition) is 0. The zero-order valence-electron chi connectivity index (χ0n) is 11.6. The van der Waals surface area contributed by atoms with Gasteiger partial charge in [-0.1, -0.05) is 30.3 Å². The van der Waals surface area contributed by atoms with Gasteiger partial charge in [-0.25, -0.2) is 0 Å². The predicted molar refractivity (Wildman–Crippen MR) is 79.2 cm³/mol. The van der Waals surface area contributed by atoms with E-state index in [2.05, 4.69) is 26.0 Å². The van der Waals surface area contributed by atoms with Crippen molar-refractivity contribution in [3.05, 3.63) is 64.7 Å². The van der Waals surface area contributed by atoms with E-state index in [0.29, 0.717) is 18.5 Å². The van der Waals surface area contributed by atoms with Gasteiger partial charge in [0.2, 0.25) is 0 Å². The standard InChI is InChI=1S/C16H17O3P/c1-12-8-14-10-18-20(17,16-6-4-3-5-7-16)19-11-15(14)9-13(12)2/h3-9H,10-11H2,1-2H3. The molecule has 2 aromatic carbocycles. The molecule has 3 nitrogen and oxygen atoms in total. The topological polar surface area (TPSA) is 35.5 Å². The van der Waals surface area contributed by atoms with Crippen molar-refractivity contribution >= 4 is 12.9 Å².